The molecule has 8 heteroatoms. The highest BCUT2D eigenvalue weighted by Crippen LogP contribution is 2.31. The Labute approximate surface area is 133 Å². The van der Waals surface area contributed by atoms with Gasteiger partial charge < -0.3 is 10.1 Å². The third-order valence-corrected chi connectivity index (χ3v) is 4.11. The van der Waals surface area contributed by atoms with Crippen molar-refractivity contribution in [2.24, 2.45) is 0 Å². The van der Waals surface area contributed by atoms with Crippen LogP contribution in [0.15, 0.2) is 29.6 Å². The molecule has 1 amide bonds. The number of thiophene rings is 1. The number of ether oxygens (including phenoxy) is 1. The second kappa shape index (κ2) is 6.41. The Bertz CT molecular complexity index is 753. The van der Waals surface area contributed by atoms with Crippen molar-refractivity contribution in [1.29, 1.82) is 0 Å². The average Bonchev–Trinajstić information content (AvgIpc) is 2.87. The maximum absolute atomic E-state index is 12.7. The van der Waals surface area contributed by atoms with Crippen LogP contribution in [0.5, 0.6) is 0 Å². The number of carbonyl (C=O) groups excluding carboxylic acids is 2. The molecule has 0 saturated carbocycles. The van der Waals surface area contributed by atoms with Crippen LogP contribution in [0.3, 0.4) is 0 Å². The molecule has 0 atom stereocenters. The summed E-state index contributed by atoms with van der Waals surface area (Å²) in [7, 11) is 1.20. The van der Waals surface area contributed by atoms with E-state index in [-0.39, 0.29) is 16.1 Å². The van der Waals surface area contributed by atoms with Gasteiger partial charge in [0.15, 0.2) is 0 Å². The van der Waals surface area contributed by atoms with E-state index in [2.05, 4.69) is 10.1 Å². The van der Waals surface area contributed by atoms with E-state index in [1.807, 2.05) is 0 Å². The molecule has 0 aliphatic heterocycles. The minimum Gasteiger partial charge on any atom is -0.465 e. The number of methoxy groups -OCH3 is 1. The Hall–Kier alpha value is -2.35. The maximum atomic E-state index is 12.7. The molecule has 2 aromatic rings. The number of anilines is 1. The van der Waals surface area contributed by atoms with E-state index in [0.29, 0.717) is 5.56 Å². The third-order valence-electron chi connectivity index (χ3n) is 3.04. The van der Waals surface area contributed by atoms with Crippen LogP contribution in [-0.4, -0.2) is 19.0 Å². The van der Waals surface area contributed by atoms with Gasteiger partial charge in [-0.1, -0.05) is 6.07 Å². The lowest BCUT2D eigenvalue weighted by Gasteiger charge is -2.10. The molecule has 0 bridgehead atoms. The quantitative estimate of drug-likeness (QED) is 0.853. The fourth-order valence-electron chi connectivity index (χ4n) is 1.86. The lowest BCUT2D eigenvalue weighted by molar-refractivity contribution is -0.137. The molecular formula is C15H12F3NO3S. The van der Waals surface area contributed by atoms with Crippen LogP contribution in [0.25, 0.3) is 0 Å². The first-order chi connectivity index (χ1) is 10.7. The van der Waals surface area contributed by atoms with Crippen LogP contribution in [0.4, 0.5) is 18.9 Å². The second-order valence-corrected chi connectivity index (χ2v) is 5.53. The summed E-state index contributed by atoms with van der Waals surface area (Å²) in [4.78, 5) is 24.0. The average molecular weight is 343 g/mol. The normalized spacial score (nSPS) is 11.2. The first-order valence-corrected chi connectivity index (χ1v) is 7.27. The van der Waals surface area contributed by atoms with Crippen LogP contribution in [0, 0.1) is 6.92 Å². The number of rotatable bonds is 3. The molecule has 0 radical (unpaired) electrons. The predicted octanol–water partition coefficient (Wildman–Crippen LogP) is 4.11. The van der Waals surface area contributed by atoms with Crippen molar-refractivity contribution in [1.82, 2.24) is 0 Å². The SMILES string of the molecule is COC(=O)c1scc(C)c1NC(=O)c1cccc(C(F)(F)F)c1. The van der Waals surface area contributed by atoms with Crippen molar-refractivity contribution in [2.75, 3.05) is 12.4 Å². The van der Waals surface area contributed by atoms with E-state index in [9.17, 15) is 22.8 Å². The van der Waals surface area contributed by atoms with Gasteiger partial charge in [-0.05, 0) is 36.1 Å². The van der Waals surface area contributed by atoms with Gasteiger partial charge in [0.25, 0.3) is 5.91 Å². The zero-order chi connectivity index (χ0) is 17.2. The summed E-state index contributed by atoms with van der Waals surface area (Å²) >= 11 is 1.08. The zero-order valence-electron chi connectivity index (χ0n) is 12.2. The van der Waals surface area contributed by atoms with Crippen LogP contribution in [-0.2, 0) is 10.9 Å². The van der Waals surface area contributed by atoms with Gasteiger partial charge in [0.05, 0.1) is 18.4 Å². The topological polar surface area (TPSA) is 55.4 Å². The number of aryl methyl sites for hydroxylation is 1. The van der Waals surface area contributed by atoms with E-state index in [1.54, 1.807) is 12.3 Å². The summed E-state index contributed by atoms with van der Waals surface area (Å²) in [5, 5.41) is 4.12. The molecule has 0 fully saturated rings. The third kappa shape index (κ3) is 3.70. The first kappa shape index (κ1) is 17.0. The maximum Gasteiger partial charge on any atom is 0.416 e. The number of hydrogen-bond donors (Lipinski definition) is 1. The number of halogens is 3. The molecule has 0 unspecified atom stereocenters. The minimum atomic E-state index is -4.54. The summed E-state index contributed by atoms with van der Waals surface area (Å²) < 4.78 is 42.7. The van der Waals surface area contributed by atoms with Gasteiger partial charge in [-0.2, -0.15) is 13.2 Å². The van der Waals surface area contributed by atoms with Crippen molar-refractivity contribution in [3.8, 4) is 0 Å². The second-order valence-electron chi connectivity index (χ2n) is 4.65. The molecule has 23 heavy (non-hydrogen) atoms. The Morgan fingerprint density at radius 2 is 1.96 bits per heavy atom. The van der Waals surface area contributed by atoms with Crippen molar-refractivity contribution in [2.45, 2.75) is 13.1 Å². The summed E-state index contributed by atoms with van der Waals surface area (Å²) in [6.07, 6.45) is -4.54. The van der Waals surface area contributed by atoms with Gasteiger partial charge in [0.1, 0.15) is 4.88 Å². The highest BCUT2D eigenvalue weighted by Gasteiger charge is 2.31. The molecule has 0 aliphatic carbocycles. The number of esters is 1. The number of carbonyl (C=O) groups is 2. The Morgan fingerprint density at radius 3 is 2.57 bits per heavy atom. The van der Waals surface area contributed by atoms with Crippen LogP contribution < -0.4 is 5.32 Å². The summed E-state index contributed by atoms with van der Waals surface area (Å²) in [6.45, 7) is 1.67. The number of hydrogen-bond acceptors (Lipinski definition) is 4. The fourth-order valence-corrected chi connectivity index (χ4v) is 2.79. The van der Waals surface area contributed by atoms with Crippen molar-refractivity contribution in [3.63, 3.8) is 0 Å². The summed E-state index contributed by atoms with van der Waals surface area (Å²) in [5.41, 5.74) is -0.207. The first-order valence-electron chi connectivity index (χ1n) is 6.39. The van der Waals surface area contributed by atoms with E-state index in [4.69, 9.17) is 0 Å². The summed E-state index contributed by atoms with van der Waals surface area (Å²) in [6, 6.07) is 4.06. The van der Waals surface area contributed by atoms with Crippen LogP contribution >= 0.6 is 11.3 Å². The molecule has 1 heterocycles. The molecule has 1 aromatic carbocycles. The lowest BCUT2D eigenvalue weighted by atomic mass is 10.1. The van der Waals surface area contributed by atoms with Crippen LogP contribution in [0.1, 0.15) is 31.2 Å². The van der Waals surface area contributed by atoms with Crippen molar-refractivity contribution < 1.29 is 27.5 Å². The van der Waals surface area contributed by atoms with Crippen molar-refractivity contribution >= 4 is 28.9 Å². The largest absolute Gasteiger partial charge is 0.465 e. The Balaban J connectivity index is 2.30. The highest BCUT2D eigenvalue weighted by atomic mass is 32.1. The monoisotopic (exact) mass is 343 g/mol. The lowest BCUT2D eigenvalue weighted by Crippen LogP contribution is -2.16. The summed E-state index contributed by atoms with van der Waals surface area (Å²) in [5.74, 6) is -1.36. The molecule has 2 rings (SSSR count). The molecule has 4 nitrogen and oxygen atoms in total. The number of alkyl halides is 3. The van der Waals surface area contributed by atoms with Gasteiger partial charge in [0, 0.05) is 5.56 Å². The molecule has 0 spiro atoms. The zero-order valence-corrected chi connectivity index (χ0v) is 13.0. The Morgan fingerprint density at radius 1 is 1.26 bits per heavy atom. The minimum absolute atomic E-state index is 0.152. The van der Waals surface area contributed by atoms with E-state index in [0.717, 1.165) is 29.5 Å². The van der Waals surface area contributed by atoms with E-state index < -0.39 is 23.6 Å². The van der Waals surface area contributed by atoms with Gasteiger partial charge in [-0.3, -0.25) is 4.79 Å². The van der Waals surface area contributed by atoms with Gasteiger partial charge in [-0.15, -0.1) is 11.3 Å². The smallest absolute Gasteiger partial charge is 0.416 e. The molecule has 0 aliphatic rings. The molecule has 1 aromatic heterocycles. The molecule has 122 valence electrons. The molecular weight excluding hydrogens is 331 g/mol. The van der Waals surface area contributed by atoms with Gasteiger partial charge >= 0.3 is 12.1 Å². The number of nitrogens with one attached hydrogen (secondary N) is 1. The molecule has 1 N–H and O–H groups in total. The molecule has 0 saturated heterocycles. The number of benzene rings is 1. The van der Waals surface area contributed by atoms with Crippen LogP contribution in [0.2, 0.25) is 0 Å². The van der Waals surface area contributed by atoms with Gasteiger partial charge in [0.2, 0.25) is 0 Å². The number of amides is 1. The van der Waals surface area contributed by atoms with Crippen molar-refractivity contribution in [3.05, 3.63) is 51.2 Å². The van der Waals surface area contributed by atoms with E-state index >= 15 is 0 Å². The fraction of sp³-hybridized carbons (Fsp3) is 0.200. The highest BCUT2D eigenvalue weighted by molar-refractivity contribution is 7.12. The Kier molecular flexibility index (Phi) is 4.74. The standard InChI is InChI=1S/C15H12F3NO3S/c1-8-7-23-12(14(21)22-2)11(8)19-13(20)9-4-3-5-10(6-9)15(16,17)18/h3-7H,1-2H3,(H,19,20). The van der Waals surface area contributed by atoms with Gasteiger partial charge in [-0.25, -0.2) is 4.79 Å². The van der Waals surface area contributed by atoms with E-state index in [1.165, 1.54) is 13.2 Å². The predicted molar refractivity (Wildman–Crippen MR) is 79.8 cm³/mol.